The van der Waals surface area contributed by atoms with E-state index in [9.17, 15) is 4.79 Å². The van der Waals surface area contributed by atoms with Crippen molar-refractivity contribution in [1.82, 2.24) is 5.32 Å². The third-order valence-electron chi connectivity index (χ3n) is 1.41. The van der Waals surface area contributed by atoms with Crippen molar-refractivity contribution in [3.8, 4) is 0 Å². The average molecular weight is 155 g/mol. The summed E-state index contributed by atoms with van der Waals surface area (Å²) in [5, 5.41) is 2.81. The summed E-state index contributed by atoms with van der Waals surface area (Å²) in [7, 11) is 0. The van der Waals surface area contributed by atoms with Crippen molar-refractivity contribution in [3.63, 3.8) is 0 Å². The number of ether oxygens (including phenoxy) is 1. The fourth-order valence-corrected chi connectivity index (χ4v) is 0.683. The van der Waals surface area contributed by atoms with Gasteiger partial charge >= 0.3 is 0 Å². The number of carbonyl (C=O) groups excluding carboxylic acids is 1. The predicted molar refractivity (Wildman–Crippen MR) is 41.9 cm³/mol. The number of hydrogen-bond donors (Lipinski definition) is 1. The molecule has 1 rings (SSSR count). The average Bonchev–Trinajstić information content (AvgIpc) is 2.72. The maximum absolute atomic E-state index is 10.9. The molecule has 0 heterocycles. The van der Waals surface area contributed by atoms with E-state index >= 15 is 0 Å². The Balaban J connectivity index is 2.08. The molecule has 1 saturated carbocycles. The van der Waals surface area contributed by atoms with E-state index in [2.05, 4.69) is 5.32 Å². The molecule has 0 aromatic rings. The molecule has 1 N–H and O–H groups in total. The van der Waals surface area contributed by atoms with Gasteiger partial charge in [-0.1, -0.05) is 0 Å². The Hall–Kier alpha value is -0.990. The Morgan fingerprint density at radius 2 is 2.45 bits per heavy atom. The molecule has 0 aromatic heterocycles. The van der Waals surface area contributed by atoms with Crippen molar-refractivity contribution >= 4 is 5.91 Å². The normalized spacial score (nSPS) is 16.8. The highest BCUT2D eigenvalue weighted by molar-refractivity contribution is 5.87. The van der Waals surface area contributed by atoms with Crippen molar-refractivity contribution in [2.45, 2.75) is 25.8 Å². The van der Waals surface area contributed by atoms with Crippen molar-refractivity contribution in [1.29, 1.82) is 0 Å². The van der Waals surface area contributed by atoms with Crippen LogP contribution in [0.2, 0.25) is 0 Å². The number of nitrogens with one attached hydrogen (secondary N) is 1. The van der Waals surface area contributed by atoms with Gasteiger partial charge in [0.1, 0.15) is 0 Å². The second-order valence-corrected chi connectivity index (χ2v) is 2.54. The van der Waals surface area contributed by atoms with E-state index in [1.165, 1.54) is 12.3 Å². The van der Waals surface area contributed by atoms with Gasteiger partial charge in [0.25, 0.3) is 0 Å². The van der Waals surface area contributed by atoms with Crippen molar-refractivity contribution in [3.05, 3.63) is 12.3 Å². The van der Waals surface area contributed by atoms with Crippen molar-refractivity contribution in [2.24, 2.45) is 0 Å². The zero-order valence-corrected chi connectivity index (χ0v) is 6.67. The Bertz CT molecular complexity index is 161. The molecule has 1 fully saturated rings. The molecule has 1 aliphatic rings. The standard InChI is InChI=1S/C8H13NO2/c1-2-11-6-5-8(10)9-7-3-4-7/h5-7H,2-4H2,1H3,(H,9,10)/b6-5+. The van der Waals surface area contributed by atoms with Crippen LogP contribution < -0.4 is 5.32 Å². The molecule has 62 valence electrons. The summed E-state index contributed by atoms with van der Waals surface area (Å²) >= 11 is 0. The molecule has 3 heteroatoms. The van der Waals surface area contributed by atoms with Crippen LogP contribution >= 0.6 is 0 Å². The van der Waals surface area contributed by atoms with E-state index in [0.29, 0.717) is 12.6 Å². The Morgan fingerprint density at radius 1 is 1.73 bits per heavy atom. The van der Waals surface area contributed by atoms with Gasteiger partial charge in [-0.3, -0.25) is 4.79 Å². The first-order chi connectivity index (χ1) is 5.33. The van der Waals surface area contributed by atoms with Gasteiger partial charge in [-0.25, -0.2) is 0 Å². The lowest BCUT2D eigenvalue weighted by Gasteiger charge is -1.96. The monoisotopic (exact) mass is 155 g/mol. The lowest BCUT2D eigenvalue weighted by atomic mass is 10.5. The molecule has 3 nitrogen and oxygen atoms in total. The Morgan fingerprint density at radius 3 is 3.00 bits per heavy atom. The van der Waals surface area contributed by atoms with Gasteiger partial charge in [-0.2, -0.15) is 0 Å². The molecular weight excluding hydrogens is 142 g/mol. The van der Waals surface area contributed by atoms with Crippen molar-refractivity contribution < 1.29 is 9.53 Å². The Kier molecular flexibility index (Phi) is 2.95. The highest BCUT2D eigenvalue weighted by atomic mass is 16.5. The minimum atomic E-state index is -0.0547. The van der Waals surface area contributed by atoms with Gasteiger partial charge < -0.3 is 10.1 Å². The summed E-state index contributed by atoms with van der Waals surface area (Å²) in [6.45, 7) is 2.48. The maximum Gasteiger partial charge on any atom is 0.247 e. The molecule has 0 aliphatic heterocycles. The molecule has 0 unspecified atom stereocenters. The summed E-state index contributed by atoms with van der Waals surface area (Å²) in [5.74, 6) is -0.0547. The molecular formula is C8H13NO2. The van der Waals surface area contributed by atoms with Crippen LogP contribution in [-0.4, -0.2) is 18.6 Å². The van der Waals surface area contributed by atoms with Gasteiger partial charge in [0.15, 0.2) is 0 Å². The van der Waals surface area contributed by atoms with Crippen molar-refractivity contribution in [2.75, 3.05) is 6.61 Å². The van der Waals surface area contributed by atoms with E-state index in [4.69, 9.17) is 4.74 Å². The van der Waals surface area contributed by atoms with E-state index in [-0.39, 0.29) is 5.91 Å². The fourth-order valence-electron chi connectivity index (χ4n) is 0.683. The smallest absolute Gasteiger partial charge is 0.247 e. The van der Waals surface area contributed by atoms with Crippen LogP contribution in [0.15, 0.2) is 12.3 Å². The van der Waals surface area contributed by atoms with Crippen LogP contribution in [0.5, 0.6) is 0 Å². The largest absolute Gasteiger partial charge is 0.501 e. The molecule has 0 aromatic carbocycles. The summed E-state index contributed by atoms with van der Waals surface area (Å²) in [4.78, 5) is 10.9. The van der Waals surface area contributed by atoms with Crippen LogP contribution in [0.1, 0.15) is 19.8 Å². The minimum Gasteiger partial charge on any atom is -0.501 e. The summed E-state index contributed by atoms with van der Waals surface area (Å²) in [6.07, 6.45) is 5.09. The number of hydrogen-bond acceptors (Lipinski definition) is 2. The number of rotatable bonds is 4. The fraction of sp³-hybridized carbons (Fsp3) is 0.625. The summed E-state index contributed by atoms with van der Waals surface area (Å²) in [5.41, 5.74) is 0. The third-order valence-corrected chi connectivity index (χ3v) is 1.41. The molecule has 0 bridgehead atoms. The van der Waals surface area contributed by atoms with Crippen LogP contribution in [0.25, 0.3) is 0 Å². The second-order valence-electron chi connectivity index (χ2n) is 2.54. The first-order valence-corrected chi connectivity index (χ1v) is 3.91. The highest BCUT2D eigenvalue weighted by Crippen LogP contribution is 2.18. The molecule has 0 atom stereocenters. The minimum absolute atomic E-state index is 0.0547. The van der Waals surface area contributed by atoms with Crippen LogP contribution in [-0.2, 0) is 9.53 Å². The van der Waals surface area contributed by atoms with Crippen LogP contribution in [0, 0.1) is 0 Å². The van der Waals surface area contributed by atoms with Gasteiger partial charge in [0, 0.05) is 12.1 Å². The van der Waals surface area contributed by atoms with Gasteiger partial charge in [-0.05, 0) is 19.8 Å². The SMILES string of the molecule is CCO/C=C/C(=O)NC1CC1. The maximum atomic E-state index is 10.9. The predicted octanol–water partition coefficient (Wildman–Crippen LogP) is 0.815. The molecule has 0 radical (unpaired) electrons. The second kappa shape index (κ2) is 4.01. The summed E-state index contributed by atoms with van der Waals surface area (Å²) in [6, 6.07) is 0.425. The molecule has 1 aliphatic carbocycles. The Labute approximate surface area is 66.4 Å². The molecule has 1 amide bonds. The van der Waals surface area contributed by atoms with Gasteiger partial charge in [0.2, 0.25) is 5.91 Å². The summed E-state index contributed by atoms with van der Waals surface area (Å²) < 4.78 is 4.86. The van der Waals surface area contributed by atoms with Crippen LogP contribution in [0.3, 0.4) is 0 Å². The van der Waals surface area contributed by atoms with E-state index in [0.717, 1.165) is 12.8 Å². The number of amides is 1. The van der Waals surface area contributed by atoms with Gasteiger partial charge in [0.05, 0.1) is 12.9 Å². The molecule has 0 saturated heterocycles. The zero-order chi connectivity index (χ0) is 8.10. The van der Waals surface area contributed by atoms with E-state index < -0.39 is 0 Å². The highest BCUT2D eigenvalue weighted by Gasteiger charge is 2.21. The lowest BCUT2D eigenvalue weighted by Crippen LogP contribution is -2.22. The first-order valence-electron chi connectivity index (χ1n) is 3.91. The van der Waals surface area contributed by atoms with E-state index in [1.807, 2.05) is 6.92 Å². The third kappa shape index (κ3) is 3.65. The molecule has 11 heavy (non-hydrogen) atoms. The topological polar surface area (TPSA) is 38.3 Å². The molecule has 0 spiro atoms. The quantitative estimate of drug-likeness (QED) is 0.482. The zero-order valence-electron chi connectivity index (χ0n) is 6.67. The lowest BCUT2D eigenvalue weighted by molar-refractivity contribution is -0.116. The number of carbonyl (C=O) groups is 1. The first kappa shape index (κ1) is 8.11. The van der Waals surface area contributed by atoms with Gasteiger partial charge in [-0.15, -0.1) is 0 Å². The van der Waals surface area contributed by atoms with Crippen LogP contribution in [0.4, 0.5) is 0 Å². The van der Waals surface area contributed by atoms with E-state index in [1.54, 1.807) is 0 Å².